The zero-order valence-electron chi connectivity index (χ0n) is 17.8. The lowest BCUT2D eigenvalue weighted by molar-refractivity contribution is -0.139. The van der Waals surface area contributed by atoms with E-state index >= 15 is 0 Å². The highest BCUT2D eigenvalue weighted by Crippen LogP contribution is 2.34. The first-order valence-corrected chi connectivity index (χ1v) is 11.1. The minimum Gasteiger partial charge on any atom is -0.611 e. The molecule has 3 aromatic carbocycles. The van der Waals surface area contributed by atoms with E-state index in [4.69, 9.17) is 14.6 Å². The highest BCUT2D eigenvalue weighted by molar-refractivity contribution is 7.90. The number of carboxylic acids is 1. The Morgan fingerprint density at radius 2 is 1.58 bits per heavy atom. The zero-order chi connectivity index (χ0) is 24.2. The maximum Gasteiger partial charge on any atom is 0.416 e. The molecule has 33 heavy (non-hydrogen) atoms. The van der Waals surface area contributed by atoms with Crippen molar-refractivity contribution in [3.63, 3.8) is 0 Å². The van der Waals surface area contributed by atoms with Crippen molar-refractivity contribution < 1.29 is 37.1 Å². The number of benzene rings is 3. The third-order valence-corrected chi connectivity index (χ3v) is 6.26. The lowest BCUT2D eigenvalue weighted by atomic mass is 10.0. The van der Waals surface area contributed by atoms with Crippen molar-refractivity contribution in [2.24, 2.45) is 0 Å². The van der Waals surface area contributed by atoms with Crippen LogP contribution in [0.25, 0.3) is 11.1 Å². The Hall–Kier alpha value is -3.17. The van der Waals surface area contributed by atoms with E-state index in [2.05, 4.69) is 0 Å². The van der Waals surface area contributed by atoms with Gasteiger partial charge in [-0.15, -0.1) is 0 Å². The molecule has 0 spiro atoms. The molecule has 3 aromatic rings. The van der Waals surface area contributed by atoms with Gasteiger partial charge in [0.15, 0.2) is 17.3 Å². The van der Waals surface area contributed by atoms with Crippen molar-refractivity contribution in [2.45, 2.75) is 23.7 Å². The van der Waals surface area contributed by atoms with Gasteiger partial charge in [-0.25, -0.2) is 4.79 Å². The molecule has 1 atom stereocenters. The van der Waals surface area contributed by atoms with Gasteiger partial charge in [-0.3, -0.25) is 0 Å². The number of methoxy groups -OCH3 is 1. The van der Waals surface area contributed by atoms with Gasteiger partial charge in [-0.2, -0.15) is 13.2 Å². The van der Waals surface area contributed by atoms with Gasteiger partial charge in [-0.05, 0) is 46.9 Å². The Morgan fingerprint density at radius 3 is 2.09 bits per heavy atom. The maximum atomic E-state index is 13.0. The van der Waals surface area contributed by atoms with Crippen LogP contribution >= 0.6 is 0 Å². The van der Waals surface area contributed by atoms with Gasteiger partial charge >= 0.3 is 12.1 Å². The monoisotopic (exact) mass is 478 g/mol. The number of carboxylic acid groups (broad SMARTS) is 1. The van der Waals surface area contributed by atoms with Gasteiger partial charge in [0, 0.05) is 17.7 Å². The fraction of sp³-hybridized carbons (Fsp3) is 0.208. The Morgan fingerprint density at radius 1 is 1.00 bits per heavy atom. The fourth-order valence-electron chi connectivity index (χ4n) is 3.15. The average molecular weight is 478 g/mol. The predicted octanol–water partition coefficient (Wildman–Crippen LogP) is 5.46. The minimum absolute atomic E-state index is 0.193. The van der Waals surface area contributed by atoms with Gasteiger partial charge < -0.3 is 19.1 Å². The molecule has 0 aliphatic carbocycles. The second-order valence-corrected chi connectivity index (χ2v) is 8.63. The summed E-state index contributed by atoms with van der Waals surface area (Å²) in [6.45, 7) is 1.22. The van der Waals surface area contributed by atoms with Crippen LogP contribution < -0.4 is 9.47 Å². The van der Waals surface area contributed by atoms with Crippen molar-refractivity contribution in [2.75, 3.05) is 13.7 Å². The molecule has 1 unspecified atom stereocenters. The molecule has 0 aliphatic rings. The maximum absolute atomic E-state index is 13.0. The van der Waals surface area contributed by atoms with E-state index in [1.54, 1.807) is 37.3 Å². The van der Waals surface area contributed by atoms with E-state index in [-0.39, 0.29) is 5.75 Å². The van der Waals surface area contributed by atoms with Crippen molar-refractivity contribution in [1.29, 1.82) is 0 Å². The summed E-state index contributed by atoms with van der Waals surface area (Å²) >= 11 is -1.46. The van der Waals surface area contributed by atoms with E-state index < -0.39 is 35.5 Å². The molecule has 0 saturated heterocycles. The van der Waals surface area contributed by atoms with Crippen LogP contribution in [0.4, 0.5) is 13.2 Å². The number of alkyl halides is 3. The largest absolute Gasteiger partial charge is 0.611 e. The molecule has 0 heterocycles. The summed E-state index contributed by atoms with van der Waals surface area (Å²) in [5.74, 6) is -0.268. The Bertz CT molecular complexity index is 1110. The normalized spacial score (nSPS) is 12.3. The zero-order valence-corrected chi connectivity index (χ0v) is 18.6. The molecule has 0 bridgehead atoms. The summed E-state index contributed by atoms with van der Waals surface area (Å²) in [4.78, 5) is 11.2. The highest BCUT2D eigenvalue weighted by atomic mass is 32.2. The fourth-order valence-corrected chi connectivity index (χ4v) is 4.48. The number of rotatable bonds is 8. The van der Waals surface area contributed by atoms with Crippen molar-refractivity contribution in [3.8, 4) is 22.6 Å². The first-order chi connectivity index (χ1) is 15.6. The molecule has 0 fully saturated rings. The van der Waals surface area contributed by atoms with Crippen LogP contribution in [0.2, 0.25) is 0 Å². The van der Waals surface area contributed by atoms with E-state index in [0.717, 1.165) is 23.3 Å². The van der Waals surface area contributed by atoms with E-state index in [0.29, 0.717) is 27.5 Å². The summed E-state index contributed by atoms with van der Waals surface area (Å²) in [7, 11) is 1.42. The smallest absolute Gasteiger partial charge is 0.416 e. The average Bonchev–Trinajstić information content (AvgIpc) is 2.78. The third kappa shape index (κ3) is 6.21. The standard InChI is InChI=1S/C24H21F3O5S/c1-15-11-22(21(31-2)12-20(15)32-13-23(28)29)33(30)14-16-3-5-17(6-4-16)18-7-9-19(10-8-18)24(25,26)27/h3-12H,13-14H2,1-2H3,(H,28,29). The van der Waals surface area contributed by atoms with E-state index in [1.807, 2.05) is 0 Å². The second-order valence-electron chi connectivity index (χ2n) is 7.21. The summed E-state index contributed by atoms with van der Waals surface area (Å²) in [6.07, 6.45) is -4.38. The SMILES string of the molecule is COc1cc(OCC(=O)O)c(C)cc1[S+]([O-])Cc1ccc(-c2ccc(C(F)(F)F)cc2)cc1. The molecule has 0 saturated carbocycles. The number of aryl methyl sites for hydroxylation is 1. The summed E-state index contributed by atoms with van der Waals surface area (Å²) in [5, 5.41) is 8.79. The highest BCUT2D eigenvalue weighted by Gasteiger charge is 2.30. The summed E-state index contributed by atoms with van der Waals surface area (Å²) < 4.78 is 61.8. The molecule has 0 aromatic heterocycles. The van der Waals surface area contributed by atoms with Crippen molar-refractivity contribution in [3.05, 3.63) is 77.4 Å². The Labute approximate surface area is 192 Å². The first kappa shape index (κ1) is 24.5. The summed E-state index contributed by atoms with van der Waals surface area (Å²) in [6, 6.07) is 15.1. The van der Waals surface area contributed by atoms with Crippen molar-refractivity contribution in [1.82, 2.24) is 0 Å². The van der Waals surface area contributed by atoms with Gasteiger partial charge in [0.05, 0.1) is 12.7 Å². The minimum atomic E-state index is -4.38. The van der Waals surface area contributed by atoms with Crippen LogP contribution in [0, 0.1) is 6.92 Å². The third-order valence-electron chi connectivity index (χ3n) is 4.85. The van der Waals surface area contributed by atoms with Crippen molar-refractivity contribution >= 4 is 17.1 Å². The van der Waals surface area contributed by atoms with Crippen LogP contribution in [0.15, 0.2) is 65.6 Å². The number of hydrogen-bond donors (Lipinski definition) is 1. The van der Waals surface area contributed by atoms with Gasteiger partial charge in [0.25, 0.3) is 0 Å². The van der Waals surface area contributed by atoms with Crippen LogP contribution in [-0.4, -0.2) is 29.3 Å². The van der Waals surface area contributed by atoms with E-state index in [9.17, 15) is 22.5 Å². The topological polar surface area (TPSA) is 78.8 Å². The van der Waals surface area contributed by atoms with Gasteiger partial charge in [0.1, 0.15) is 11.5 Å². The number of hydrogen-bond acceptors (Lipinski definition) is 4. The Kier molecular flexibility index (Phi) is 7.55. The molecule has 9 heteroatoms. The number of carbonyl (C=O) groups is 1. The van der Waals surface area contributed by atoms with E-state index in [1.165, 1.54) is 25.3 Å². The molecule has 0 radical (unpaired) electrons. The van der Waals surface area contributed by atoms with Gasteiger partial charge in [0.2, 0.25) is 0 Å². The molecule has 0 amide bonds. The molecule has 174 valence electrons. The first-order valence-electron chi connectivity index (χ1n) is 9.76. The number of halogens is 3. The molecule has 1 N–H and O–H groups in total. The Balaban J connectivity index is 1.74. The van der Waals surface area contributed by atoms with Crippen LogP contribution in [0.1, 0.15) is 16.7 Å². The van der Waals surface area contributed by atoms with Crippen LogP contribution in [-0.2, 0) is 27.9 Å². The molecule has 0 aliphatic heterocycles. The number of ether oxygens (including phenoxy) is 2. The molecular formula is C24H21F3O5S. The van der Waals surface area contributed by atoms with Crippen LogP contribution in [0.5, 0.6) is 11.5 Å². The lowest BCUT2D eigenvalue weighted by Gasteiger charge is -2.16. The molecular weight excluding hydrogens is 457 g/mol. The molecule has 5 nitrogen and oxygen atoms in total. The van der Waals surface area contributed by atoms with Gasteiger partial charge in [-0.1, -0.05) is 36.4 Å². The summed E-state index contributed by atoms with van der Waals surface area (Å²) in [5.41, 5.74) is 2.08. The lowest BCUT2D eigenvalue weighted by Crippen LogP contribution is -2.11. The predicted molar refractivity (Wildman–Crippen MR) is 118 cm³/mol. The molecule has 3 rings (SSSR count). The second kappa shape index (κ2) is 10.2. The van der Waals surface area contributed by atoms with Crippen LogP contribution in [0.3, 0.4) is 0 Å². The number of aliphatic carboxylic acids is 1. The quantitative estimate of drug-likeness (QED) is 0.435.